The second kappa shape index (κ2) is 5.95. The van der Waals surface area contributed by atoms with Gasteiger partial charge in [0.05, 0.1) is 18.6 Å². The Bertz CT molecular complexity index is 798. The lowest BCUT2D eigenvalue weighted by Gasteiger charge is -2.35. The van der Waals surface area contributed by atoms with Gasteiger partial charge in [-0.1, -0.05) is 0 Å². The zero-order valence-electron chi connectivity index (χ0n) is 14.5. The SMILES string of the molecule is COC(C)(C(=O)N1CCc2c(ncn2-c2ccc(F)cc2)C1)C1CC1. The highest BCUT2D eigenvalue weighted by molar-refractivity contribution is 5.86. The van der Waals surface area contributed by atoms with Gasteiger partial charge in [-0.2, -0.15) is 0 Å². The minimum atomic E-state index is -0.725. The second-order valence-electron chi connectivity index (χ2n) is 7.05. The van der Waals surface area contributed by atoms with E-state index in [1.165, 1.54) is 12.1 Å². The van der Waals surface area contributed by atoms with Crippen molar-refractivity contribution in [3.63, 3.8) is 0 Å². The van der Waals surface area contributed by atoms with Crippen molar-refractivity contribution in [3.05, 3.63) is 47.8 Å². The van der Waals surface area contributed by atoms with Crippen LogP contribution in [0.15, 0.2) is 30.6 Å². The maximum absolute atomic E-state index is 13.1. The normalized spacial score (nSPS) is 19.4. The Morgan fingerprint density at radius 1 is 1.32 bits per heavy atom. The number of carbonyl (C=O) groups excluding carboxylic acids is 1. The minimum absolute atomic E-state index is 0.0551. The Morgan fingerprint density at radius 2 is 2.04 bits per heavy atom. The number of ether oxygens (including phenoxy) is 1. The molecule has 0 saturated heterocycles. The fourth-order valence-electron chi connectivity index (χ4n) is 3.68. The third kappa shape index (κ3) is 2.74. The van der Waals surface area contributed by atoms with E-state index >= 15 is 0 Å². The largest absolute Gasteiger partial charge is 0.368 e. The van der Waals surface area contributed by atoms with Gasteiger partial charge in [0.15, 0.2) is 0 Å². The molecule has 2 aliphatic rings. The summed E-state index contributed by atoms with van der Waals surface area (Å²) in [4.78, 5) is 19.3. The first kappa shape index (κ1) is 16.3. The number of amides is 1. The van der Waals surface area contributed by atoms with Crippen molar-refractivity contribution in [1.82, 2.24) is 14.5 Å². The van der Waals surface area contributed by atoms with Crippen molar-refractivity contribution < 1.29 is 13.9 Å². The molecule has 1 aliphatic heterocycles. The molecular formula is C19H22FN3O2. The highest BCUT2D eigenvalue weighted by Gasteiger charge is 2.49. The van der Waals surface area contributed by atoms with E-state index in [-0.39, 0.29) is 11.7 Å². The van der Waals surface area contributed by atoms with Gasteiger partial charge in [0.1, 0.15) is 11.4 Å². The molecule has 0 bridgehead atoms. The summed E-state index contributed by atoms with van der Waals surface area (Å²) in [6.07, 6.45) is 4.58. The predicted molar refractivity (Wildman–Crippen MR) is 90.8 cm³/mol. The predicted octanol–water partition coefficient (Wildman–Crippen LogP) is 2.71. The summed E-state index contributed by atoms with van der Waals surface area (Å²) in [6.45, 7) is 3.04. The molecule has 1 atom stereocenters. The van der Waals surface area contributed by atoms with E-state index in [2.05, 4.69) is 4.98 Å². The number of methoxy groups -OCH3 is 1. The van der Waals surface area contributed by atoms with Crippen molar-refractivity contribution in [3.8, 4) is 5.69 Å². The van der Waals surface area contributed by atoms with Crippen molar-refractivity contribution in [2.75, 3.05) is 13.7 Å². The van der Waals surface area contributed by atoms with E-state index in [4.69, 9.17) is 4.74 Å². The van der Waals surface area contributed by atoms with Crippen LogP contribution in [0, 0.1) is 11.7 Å². The topological polar surface area (TPSA) is 47.4 Å². The number of hydrogen-bond acceptors (Lipinski definition) is 3. The van der Waals surface area contributed by atoms with Crippen LogP contribution in [-0.4, -0.2) is 39.6 Å². The zero-order chi connectivity index (χ0) is 17.6. The fraction of sp³-hybridized carbons (Fsp3) is 0.474. The number of fused-ring (bicyclic) bond motifs is 1. The molecule has 1 unspecified atom stereocenters. The quantitative estimate of drug-likeness (QED) is 0.858. The summed E-state index contributed by atoms with van der Waals surface area (Å²) in [6, 6.07) is 6.37. The van der Waals surface area contributed by atoms with Crippen LogP contribution in [0.5, 0.6) is 0 Å². The molecule has 0 spiro atoms. The molecule has 0 N–H and O–H groups in total. The first-order valence-corrected chi connectivity index (χ1v) is 8.68. The Kier molecular flexibility index (Phi) is 3.87. The number of halogens is 1. The van der Waals surface area contributed by atoms with Crippen molar-refractivity contribution in [2.24, 2.45) is 5.92 Å². The molecule has 1 aliphatic carbocycles. The number of aromatic nitrogens is 2. The van der Waals surface area contributed by atoms with Crippen molar-refractivity contribution in [2.45, 2.75) is 38.3 Å². The molecule has 0 radical (unpaired) electrons. The van der Waals surface area contributed by atoms with Crippen molar-refractivity contribution >= 4 is 5.91 Å². The van der Waals surface area contributed by atoms with Crippen LogP contribution in [0.2, 0.25) is 0 Å². The van der Waals surface area contributed by atoms with Gasteiger partial charge in [-0.05, 0) is 49.9 Å². The van der Waals surface area contributed by atoms with E-state index in [1.54, 1.807) is 25.6 Å². The van der Waals surface area contributed by atoms with Crippen LogP contribution >= 0.6 is 0 Å². The molecule has 4 rings (SSSR count). The zero-order valence-corrected chi connectivity index (χ0v) is 14.5. The molecule has 1 saturated carbocycles. The van der Waals surface area contributed by atoms with E-state index in [0.29, 0.717) is 19.0 Å². The second-order valence-corrected chi connectivity index (χ2v) is 7.05. The lowest BCUT2D eigenvalue weighted by atomic mass is 9.97. The summed E-state index contributed by atoms with van der Waals surface area (Å²) in [5.74, 6) is 0.121. The van der Waals surface area contributed by atoms with Crippen LogP contribution in [0.1, 0.15) is 31.2 Å². The molecule has 1 aromatic carbocycles. The standard InChI is InChI=1S/C19H22FN3O2/c1-19(25-2,13-3-4-13)18(24)22-10-9-17-16(11-22)21-12-23(17)15-7-5-14(20)6-8-15/h5-8,12-13H,3-4,9-11H2,1-2H3. The van der Waals surface area contributed by atoms with Gasteiger partial charge in [-0.15, -0.1) is 0 Å². The van der Waals surface area contributed by atoms with E-state index in [1.807, 2.05) is 16.4 Å². The molecule has 25 heavy (non-hydrogen) atoms. The number of imidazole rings is 1. The van der Waals surface area contributed by atoms with Crippen LogP contribution in [-0.2, 0) is 22.5 Å². The van der Waals surface area contributed by atoms with Gasteiger partial charge in [0, 0.05) is 31.5 Å². The highest BCUT2D eigenvalue weighted by Crippen LogP contribution is 2.43. The number of carbonyl (C=O) groups is 1. The minimum Gasteiger partial charge on any atom is -0.368 e. The molecule has 5 nitrogen and oxygen atoms in total. The van der Waals surface area contributed by atoms with Gasteiger partial charge in [0.2, 0.25) is 0 Å². The maximum Gasteiger partial charge on any atom is 0.255 e. The summed E-state index contributed by atoms with van der Waals surface area (Å²) < 4.78 is 20.7. The van der Waals surface area contributed by atoms with Gasteiger partial charge < -0.3 is 14.2 Å². The summed E-state index contributed by atoms with van der Waals surface area (Å²) >= 11 is 0. The Morgan fingerprint density at radius 3 is 2.68 bits per heavy atom. The number of benzene rings is 1. The Hall–Kier alpha value is -2.21. The molecule has 2 aromatic rings. The highest BCUT2D eigenvalue weighted by atomic mass is 19.1. The van der Waals surface area contributed by atoms with Gasteiger partial charge in [0.25, 0.3) is 5.91 Å². The number of rotatable bonds is 4. The van der Waals surface area contributed by atoms with Crippen LogP contribution in [0.4, 0.5) is 4.39 Å². The van der Waals surface area contributed by atoms with E-state index in [0.717, 1.165) is 36.3 Å². The average molecular weight is 343 g/mol. The van der Waals surface area contributed by atoms with Gasteiger partial charge in [-0.25, -0.2) is 9.37 Å². The van der Waals surface area contributed by atoms with Crippen molar-refractivity contribution in [1.29, 1.82) is 0 Å². The molecule has 2 heterocycles. The summed E-state index contributed by atoms with van der Waals surface area (Å²) in [5, 5.41) is 0. The Balaban J connectivity index is 1.56. The molecular weight excluding hydrogens is 321 g/mol. The van der Waals surface area contributed by atoms with Gasteiger partial charge in [-0.3, -0.25) is 4.79 Å². The first-order valence-electron chi connectivity index (χ1n) is 8.68. The summed E-state index contributed by atoms with van der Waals surface area (Å²) in [5.41, 5.74) is 2.14. The van der Waals surface area contributed by atoms with Crippen LogP contribution < -0.4 is 0 Å². The lowest BCUT2D eigenvalue weighted by Crippen LogP contribution is -2.51. The van der Waals surface area contributed by atoms with E-state index < -0.39 is 5.60 Å². The average Bonchev–Trinajstić information content (AvgIpc) is 3.41. The molecule has 6 heteroatoms. The molecule has 132 valence electrons. The number of hydrogen-bond donors (Lipinski definition) is 0. The monoisotopic (exact) mass is 343 g/mol. The lowest BCUT2D eigenvalue weighted by molar-refractivity contribution is -0.156. The first-order chi connectivity index (χ1) is 12.0. The smallest absolute Gasteiger partial charge is 0.255 e. The molecule has 1 amide bonds. The fourth-order valence-corrected chi connectivity index (χ4v) is 3.68. The number of nitrogens with zero attached hydrogens (tertiary/aromatic N) is 3. The Labute approximate surface area is 146 Å². The maximum atomic E-state index is 13.1. The molecule has 1 fully saturated rings. The third-order valence-electron chi connectivity index (χ3n) is 5.51. The van der Waals surface area contributed by atoms with Gasteiger partial charge >= 0.3 is 0 Å². The van der Waals surface area contributed by atoms with Crippen LogP contribution in [0.25, 0.3) is 5.69 Å². The van der Waals surface area contributed by atoms with Crippen LogP contribution in [0.3, 0.4) is 0 Å². The summed E-state index contributed by atoms with van der Waals surface area (Å²) in [7, 11) is 1.62. The van der Waals surface area contributed by atoms with E-state index in [9.17, 15) is 9.18 Å². The third-order valence-corrected chi connectivity index (χ3v) is 5.51. The molecule has 1 aromatic heterocycles.